The summed E-state index contributed by atoms with van der Waals surface area (Å²) < 4.78 is 16.8. The zero-order valence-corrected chi connectivity index (χ0v) is 49.0. The highest BCUT2D eigenvalue weighted by Gasteiger charge is 2.19. The molecule has 76 heavy (non-hydrogen) atoms. The molecule has 0 bridgehead atoms. The lowest BCUT2D eigenvalue weighted by molar-refractivity contribution is -0.166. The van der Waals surface area contributed by atoms with Crippen molar-refractivity contribution in [1.82, 2.24) is 0 Å². The van der Waals surface area contributed by atoms with Crippen LogP contribution in [-0.2, 0) is 28.6 Å². The van der Waals surface area contributed by atoms with Gasteiger partial charge in [0.25, 0.3) is 0 Å². The number of ether oxygens (including phenoxy) is 3. The van der Waals surface area contributed by atoms with Crippen LogP contribution < -0.4 is 0 Å². The van der Waals surface area contributed by atoms with E-state index in [9.17, 15) is 14.4 Å². The summed E-state index contributed by atoms with van der Waals surface area (Å²) in [5, 5.41) is 0. The standard InChI is InChI=1S/C70H112O6/c1-4-7-10-13-16-19-22-25-27-28-29-30-31-32-33-34-35-36-37-38-39-40-41-42-44-45-48-51-54-57-60-63-69(72)75-66-67(65-74-68(71)62-59-56-53-50-47-24-21-18-15-12-9-6-3)76-70(73)64-61-58-55-52-49-46-43-26-23-20-17-14-11-8-5-2/h7-8,10-11,16-17,19-20,25-27,29-30,32-33,35-36,38-39,43,49,52,58,61,67H,4-6,9,12-15,18,21-24,28,31,34,37,40-42,44-48,50-51,53-57,59-60,62-66H2,1-3H3/b10-7-,11-8-,19-16-,20-17-,27-25-,30-29-,33-32-,36-35-,39-38-,43-26-,52-49-,61-58-. The molecule has 0 heterocycles. The molecule has 0 aromatic heterocycles. The Morgan fingerprint density at radius 2 is 0.553 bits per heavy atom. The van der Waals surface area contributed by atoms with Gasteiger partial charge in [0, 0.05) is 12.8 Å². The van der Waals surface area contributed by atoms with Crippen LogP contribution in [0.3, 0.4) is 0 Å². The zero-order valence-electron chi connectivity index (χ0n) is 49.0. The lowest BCUT2D eigenvalue weighted by Gasteiger charge is -2.18. The van der Waals surface area contributed by atoms with Gasteiger partial charge < -0.3 is 14.2 Å². The van der Waals surface area contributed by atoms with Crippen LogP contribution in [0.2, 0.25) is 0 Å². The molecule has 0 radical (unpaired) electrons. The normalized spacial score (nSPS) is 13.1. The fourth-order valence-electron chi connectivity index (χ4n) is 8.09. The van der Waals surface area contributed by atoms with Crippen LogP contribution in [0.1, 0.15) is 258 Å². The number of rotatable bonds is 54. The summed E-state index contributed by atoms with van der Waals surface area (Å²) in [7, 11) is 0. The van der Waals surface area contributed by atoms with Crippen molar-refractivity contribution in [3.05, 3.63) is 146 Å². The second-order valence-corrected chi connectivity index (χ2v) is 19.9. The van der Waals surface area contributed by atoms with E-state index in [0.29, 0.717) is 19.3 Å². The first kappa shape index (κ1) is 71.3. The van der Waals surface area contributed by atoms with E-state index in [1.54, 1.807) is 6.08 Å². The smallest absolute Gasteiger partial charge is 0.310 e. The van der Waals surface area contributed by atoms with Crippen molar-refractivity contribution in [2.45, 2.75) is 264 Å². The summed E-state index contributed by atoms with van der Waals surface area (Å²) in [6.07, 6.45) is 90.2. The van der Waals surface area contributed by atoms with Gasteiger partial charge in [-0.3, -0.25) is 14.4 Å². The van der Waals surface area contributed by atoms with Gasteiger partial charge >= 0.3 is 17.9 Å². The van der Waals surface area contributed by atoms with Gasteiger partial charge in [-0.1, -0.05) is 282 Å². The van der Waals surface area contributed by atoms with Gasteiger partial charge in [0.1, 0.15) is 13.2 Å². The van der Waals surface area contributed by atoms with Crippen LogP contribution in [0.15, 0.2) is 146 Å². The van der Waals surface area contributed by atoms with Gasteiger partial charge in [-0.15, -0.1) is 0 Å². The van der Waals surface area contributed by atoms with E-state index >= 15 is 0 Å². The average Bonchev–Trinajstić information content (AvgIpc) is 3.42. The Hall–Kier alpha value is -4.71. The molecule has 0 aliphatic carbocycles. The number of unbranched alkanes of at least 4 members (excludes halogenated alkanes) is 20. The molecule has 428 valence electrons. The van der Waals surface area contributed by atoms with Gasteiger partial charge in [-0.25, -0.2) is 0 Å². The molecule has 0 saturated heterocycles. The van der Waals surface area contributed by atoms with Crippen LogP contribution in [0.25, 0.3) is 0 Å². The lowest BCUT2D eigenvalue weighted by Crippen LogP contribution is -2.30. The molecule has 6 nitrogen and oxygen atoms in total. The van der Waals surface area contributed by atoms with Crippen molar-refractivity contribution in [3.8, 4) is 0 Å². The van der Waals surface area contributed by atoms with Crippen LogP contribution in [0.5, 0.6) is 0 Å². The number of hydrogen-bond donors (Lipinski definition) is 0. The van der Waals surface area contributed by atoms with E-state index in [-0.39, 0.29) is 31.6 Å². The van der Waals surface area contributed by atoms with Crippen molar-refractivity contribution in [2.24, 2.45) is 0 Å². The molecular weight excluding hydrogens is 937 g/mol. The van der Waals surface area contributed by atoms with E-state index in [1.807, 2.05) is 6.08 Å². The molecule has 1 unspecified atom stereocenters. The lowest BCUT2D eigenvalue weighted by atomic mass is 10.0. The molecule has 0 N–H and O–H groups in total. The summed E-state index contributed by atoms with van der Waals surface area (Å²) in [4.78, 5) is 38.1. The van der Waals surface area contributed by atoms with Crippen LogP contribution >= 0.6 is 0 Å². The van der Waals surface area contributed by atoms with Crippen molar-refractivity contribution in [2.75, 3.05) is 13.2 Å². The molecular formula is C70H112O6. The predicted octanol–water partition coefficient (Wildman–Crippen LogP) is 21.2. The molecule has 0 fully saturated rings. The fraction of sp³-hybridized carbons (Fsp3) is 0.614. The largest absolute Gasteiger partial charge is 0.462 e. The van der Waals surface area contributed by atoms with E-state index in [0.717, 1.165) is 116 Å². The molecule has 0 aliphatic rings. The second-order valence-electron chi connectivity index (χ2n) is 19.9. The first-order valence-corrected chi connectivity index (χ1v) is 30.8. The summed E-state index contributed by atoms with van der Waals surface area (Å²) in [5.74, 6) is -1.06. The average molecular weight is 1050 g/mol. The number of hydrogen-bond acceptors (Lipinski definition) is 6. The van der Waals surface area contributed by atoms with E-state index in [1.165, 1.54) is 96.3 Å². The molecule has 0 spiro atoms. The molecule has 0 aromatic rings. The van der Waals surface area contributed by atoms with Gasteiger partial charge in [0.05, 0.1) is 6.42 Å². The van der Waals surface area contributed by atoms with Gasteiger partial charge in [-0.05, 0) is 103 Å². The van der Waals surface area contributed by atoms with Crippen molar-refractivity contribution in [1.29, 1.82) is 0 Å². The Labute approximate surface area is 467 Å². The summed E-state index contributed by atoms with van der Waals surface area (Å²) >= 11 is 0. The molecule has 0 rings (SSSR count). The highest BCUT2D eigenvalue weighted by Crippen LogP contribution is 2.15. The highest BCUT2D eigenvalue weighted by molar-refractivity contribution is 5.72. The van der Waals surface area contributed by atoms with Crippen molar-refractivity contribution in [3.63, 3.8) is 0 Å². The van der Waals surface area contributed by atoms with Gasteiger partial charge in [0.15, 0.2) is 6.10 Å². The summed E-state index contributed by atoms with van der Waals surface area (Å²) in [6, 6.07) is 0. The Balaban J connectivity index is 4.33. The Bertz CT molecular complexity index is 1680. The molecule has 0 aliphatic heterocycles. The first-order valence-electron chi connectivity index (χ1n) is 30.8. The zero-order chi connectivity index (χ0) is 55.0. The number of carbonyl (C=O) groups excluding carboxylic acids is 3. The number of esters is 3. The van der Waals surface area contributed by atoms with E-state index in [2.05, 4.69) is 154 Å². The number of allylic oxidation sites excluding steroid dienone is 23. The predicted molar refractivity (Wildman–Crippen MR) is 329 cm³/mol. The third kappa shape index (κ3) is 60.2. The van der Waals surface area contributed by atoms with E-state index < -0.39 is 12.1 Å². The maximum absolute atomic E-state index is 12.8. The second kappa shape index (κ2) is 62.8. The van der Waals surface area contributed by atoms with Crippen LogP contribution in [-0.4, -0.2) is 37.2 Å². The summed E-state index contributed by atoms with van der Waals surface area (Å²) in [5.41, 5.74) is 0. The highest BCUT2D eigenvalue weighted by atomic mass is 16.6. The molecule has 0 aromatic carbocycles. The van der Waals surface area contributed by atoms with Crippen molar-refractivity contribution >= 4 is 17.9 Å². The Morgan fingerprint density at radius 3 is 0.868 bits per heavy atom. The van der Waals surface area contributed by atoms with Crippen molar-refractivity contribution < 1.29 is 28.6 Å². The van der Waals surface area contributed by atoms with Crippen LogP contribution in [0.4, 0.5) is 0 Å². The van der Waals surface area contributed by atoms with Gasteiger partial charge in [-0.2, -0.15) is 0 Å². The third-order valence-electron chi connectivity index (χ3n) is 12.6. The Morgan fingerprint density at radius 1 is 0.289 bits per heavy atom. The minimum atomic E-state index is -0.838. The fourth-order valence-corrected chi connectivity index (χ4v) is 8.09. The quantitative estimate of drug-likeness (QED) is 0.0261. The SMILES string of the molecule is CC/C=C\C/C=C\C/C=C\C/C=C\C/C=C\C/C=C\C/C=C\CCCCCCCCCCCC(=O)OCC(COC(=O)CCCCCCCCCCCCCC)OC(=O)C/C=C\C/C=C\C/C=C\C/C=C\C/C=C\CC. The minimum Gasteiger partial charge on any atom is -0.462 e. The molecule has 0 saturated carbocycles. The van der Waals surface area contributed by atoms with E-state index in [4.69, 9.17) is 14.2 Å². The molecule has 6 heteroatoms. The summed E-state index contributed by atoms with van der Waals surface area (Å²) in [6.45, 7) is 6.31. The maximum Gasteiger partial charge on any atom is 0.310 e. The Kier molecular flexibility index (Phi) is 58.9. The topological polar surface area (TPSA) is 78.9 Å². The minimum absolute atomic E-state index is 0.0917. The first-order chi connectivity index (χ1) is 37.5. The molecule has 0 amide bonds. The third-order valence-corrected chi connectivity index (χ3v) is 12.6. The monoisotopic (exact) mass is 1050 g/mol. The molecule has 1 atom stereocenters. The van der Waals surface area contributed by atoms with Gasteiger partial charge in [0.2, 0.25) is 0 Å². The van der Waals surface area contributed by atoms with Crippen LogP contribution in [0, 0.1) is 0 Å². The number of carbonyl (C=O) groups is 3. The maximum atomic E-state index is 12.8.